The summed E-state index contributed by atoms with van der Waals surface area (Å²) in [5, 5.41) is 11.7. The Labute approximate surface area is 145 Å². The molecular formula is C15H20N4O3S2. The second kappa shape index (κ2) is 7.82. The number of nitrogens with zero attached hydrogens (tertiary/aromatic N) is 2. The molecule has 1 heterocycles. The quantitative estimate of drug-likeness (QED) is 0.779. The summed E-state index contributed by atoms with van der Waals surface area (Å²) in [7, 11) is -3.50. The van der Waals surface area contributed by atoms with E-state index in [1.807, 2.05) is 44.2 Å². The van der Waals surface area contributed by atoms with Crippen molar-refractivity contribution < 1.29 is 13.2 Å². The van der Waals surface area contributed by atoms with Crippen molar-refractivity contribution in [1.29, 1.82) is 0 Å². The van der Waals surface area contributed by atoms with E-state index in [1.165, 1.54) is 11.3 Å². The molecule has 9 heteroatoms. The normalized spacial score (nSPS) is 14.1. The molecular weight excluding hydrogens is 348 g/mol. The van der Waals surface area contributed by atoms with Crippen LogP contribution >= 0.6 is 11.3 Å². The van der Waals surface area contributed by atoms with Gasteiger partial charge in [-0.3, -0.25) is 10.1 Å². The summed E-state index contributed by atoms with van der Waals surface area (Å²) in [6.07, 6.45) is 1.69. The van der Waals surface area contributed by atoms with Crippen molar-refractivity contribution in [3.63, 3.8) is 0 Å². The number of amides is 1. The molecule has 2 aromatic rings. The molecule has 24 heavy (non-hydrogen) atoms. The summed E-state index contributed by atoms with van der Waals surface area (Å²) in [5.74, 6) is -0.591. The number of benzene rings is 1. The van der Waals surface area contributed by atoms with Crippen LogP contribution in [-0.4, -0.2) is 36.8 Å². The molecule has 0 aliphatic heterocycles. The molecule has 2 unspecified atom stereocenters. The van der Waals surface area contributed by atoms with Crippen LogP contribution in [-0.2, 0) is 14.8 Å². The summed E-state index contributed by atoms with van der Waals surface area (Å²) >= 11 is 1.24. The van der Waals surface area contributed by atoms with Crippen LogP contribution in [0, 0.1) is 5.92 Å². The first-order valence-corrected chi connectivity index (χ1v) is 10.2. The first-order chi connectivity index (χ1) is 11.3. The highest BCUT2D eigenvalue weighted by molar-refractivity contribution is 7.88. The fraction of sp³-hybridized carbons (Fsp3) is 0.400. The van der Waals surface area contributed by atoms with Crippen molar-refractivity contribution in [2.45, 2.75) is 26.3 Å². The van der Waals surface area contributed by atoms with Gasteiger partial charge in [0.2, 0.25) is 21.1 Å². The van der Waals surface area contributed by atoms with E-state index in [1.54, 1.807) is 0 Å². The summed E-state index contributed by atoms with van der Waals surface area (Å²) in [5.41, 5.74) is 0.906. The monoisotopic (exact) mass is 368 g/mol. The van der Waals surface area contributed by atoms with Gasteiger partial charge in [0.15, 0.2) is 0 Å². The molecule has 0 fully saturated rings. The predicted molar refractivity (Wildman–Crippen MR) is 95.2 cm³/mol. The lowest BCUT2D eigenvalue weighted by molar-refractivity contribution is -0.118. The van der Waals surface area contributed by atoms with Gasteiger partial charge >= 0.3 is 0 Å². The van der Waals surface area contributed by atoms with E-state index in [-0.39, 0.29) is 5.92 Å². The second-order valence-corrected chi connectivity index (χ2v) is 8.28. The van der Waals surface area contributed by atoms with E-state index in [0.29, 0.717) is 16.6 Å². The average Bonchev–Trinajstić information content (AvgIpc) is 3.00. The maximum absolute atomic E-state index is 12.4. The largest absolute Gasteiger partial charge is 0.299 e. The van der Waals surface area contributed by atoms with Gasteiger partial charge in [-0.05, 0) is 5.92 Å². The molecule has 0 saturated carbocycles. The van der Waals surface area contributed by atoms with Crippen LogP contribution in [0.2, 0.25) is 0 Å². The van der Waals surface area contributed by atoms with Gasteiger partial charge in [-0.1, -0.05) is 61.9 Å². The Hall–Kier alpha value is -1.84. The van der Waals surface area contributed by atoms with Crippen LogP contribution in [0.5, 0.6) is 0 Å². The zero-order valence-electron chi connectivity index (χ0n) is 13.7. The van der Waals surface area contributed by atoms with Crippen molar-refractivity contribution >= 4 is 32.4 Å². The number of aromatic nitrogens is 2. The zero-order chi connectivity index (χ0) is 17.7. The maximum Gasteiger partial charge on any atom is 0.244 e. The number of anilines is 1. The van der Waals surface area contributed by atoms with Crippen molar-refractivity contribution in [3.8, 4) is 10.6 Å². The fourth-order valence-electron chi connectivity index (χ4n) is 2.05. The highest BCUT2D eigenvalue weighted by atomic mass is 32.2. The van der Waals surface area contributed by atoms with Crippen LogP contribution in [0.25, 0.3) is 10.6 Å². The Balaban J connectivity index is 2.14. The highest BCUT2D eigenvalue weighted by Crippen LogP contribution is 2.26. The topological polar surface area (TPSA) is 101 Å². The number of rotatable bonds is 7. The fourth-order valence-corrected chi connectivity index (χ4v) is 3.60. The molecule has 0 bridgehead atoms. The third-order valence-corrected chi connectivity index (χ3v) is 5.08. The maximum atomic E-state index is 12.4. The van der Waals surface area contributed by atoms with Crippen molar-refractivity contribution in [2.24, 2.45) is 5.92 Å². The molecule has 0 aliphatic carbocycles. The first-order valence-electron chi connectivity index (χ1n) is 7.47. The van der Waals surface area contributed by atoms with Gasteiger partial charge < -0.3 is 0 Å². The Morgan fingerprint density at radius 3 is 2.50 bits per heavy atom. The van der Waals surface area contributed by atoms with E-state index < -0.39 is 22.0 Å². The Bertz CT molecular complexity index is 790. The minimum atomic E-state index is -3.50. The summed E-state index contributed by atoms with van der Waals surface area (Å²) < 4.78 is 25.4. The van der Waals surface area contributed by atoms with E-state index in [2.05, 4.69) is 20.2 Å². The van der Waals surface area contributed by atoms with Gasteiger partial charge in [-0.25, -0.2) is 13.1 Å². The molecule has 1 aromatic heterocycles. The van der Waals surface area contributed by atoms with E-state index >= 15 is 0 Å². The van der Waals surface area contributed by atoms with Crippen LogP contribution in [0.1, 0.15) is 20.3 Å². The average molecular weight is 368 g/mol. The smallest absolute Gasteiger partial charge is 0.244 e. The third-order valence-electron chi connectivity index (χ3n) is 3.51. The molecule has 2 rings (SSSR count). The standard InChI is InChI=1S/C15H20N4O3S2/c1-4-10(2)12(19-24(3,21)22)13(20)16-15-18-17-14(23-15)11-8-6-5-7-9-11/h5-10,12,19H,4H2,1-3H3,(H,16,18,20). The molecule has 2 N–H and O–H groups in total. The zero-order valence-corrected chi connectivity index (χ0v) is 15.3. The van der Waals surface area contributed by atoms with Crippen LogP contribution in [0.15, 0.2) is 30.3 Å². The van der Waals surface area contributed by atoms with Gasteiger partial charge in [0.05, 0.1) is 6.26 Å². The third kappa shape index (κ3) is 5.08. The first kappa shape index (κ1) is 18.5. The summed E-state index contributed by atoms with van der Waals surface area (Å²) in [6, 6.07) is 8.64. The second-order valence-electron chi connectivity index (χ2n) is 5.52. The van der Waals surface area contributed by atoms with Crippen LogP contribution < -0.4 is 10.0 Å². The Kier molecular flexibility index (Phi) is 6.03. The molecule has 1 amide bonds. The van der Waals surface area contributed by atoms with Crippen LogP contribution in [0.4, 0.5) is 5.13 Å². The summed E-state index contributed by atoms with van der Waals surface area (Å²) in [6.45, 7) is 3.71. The molecule has 0 saturated heterocycles. The lowest BCUT2D eigenvalue weighted by Gasteiger charge is -2.21. The lowest BCUT2D eigenvalue weighted by Crippen LogP contribution is -2.47. The molecule has 0 radical (unpaired) electrons. The number of hydrogen-bond donors (Lipinski definition) is 2. The van der Waals surface area contributed by atoms with E-state index in [4.69, 9.17) is 0 Å². The molecule has 2 atom stereocenters. The van der Waals surface area contributed by atoms with Gasteiger partial charge in [0.1, 0.15) is 11.0 Å². The predicted octanol–water partition coefficient (Wildman–Crippen LogP) is 2.11. The van der Waals surface area contributed by atoms with Gasteiger partial charge in [-0.15, -0.1) is 10.2 Å². The number of sulfonamides is 1. The van der Waals surface area contributed by atoms with Gasteiger partial charge in [0.25, 0.3) is 0 Å². The minimum absolute atomic E-state index is 0.152. The van der Waals surface area contributed by atoms with Crippen molar-refractivity contribution in [1.82, 2.24) is 14.9 Å². The highest BCUT2D eigenvalue weighted by Gasteiger charge is 2.27. The lowest BCUT2D eigenvalue weighted by atomic mass is 9.99. The minimum Gasteiger partial charge on any atom is -0.299 e. The van der Waals surface area contributed by atoms with Crippen molar-refractivity contribution in [2.75, 3.05) is 11.6 Å². The molecule has 1 aromatic carbocycles. The van der Waals surface area contributed by atoms with Crippen LogP contribution in [0.3, 0.4) is 0 Å². The van der Waals surface area contributed by atoms with Gasteiger partial charge in [0, 0.05) is 5.56 Å². The van der Waals surface area contributed by atoms with E-state index in [0.717, 1.165) is 11.8 Å². The SMILES string of the molecule is CCC(C)C(NS(C)(=O)=O)C(=O)Nc1nnc(-c2ccccc2)s1. The van der Waals surface area contributed by atoms with E-state index in [9.17, 15) is 13.2 Å². The number of nitrogens with one attached hydrogen (secondary N) is 2. The molecule has 0 spiro atoms. The summed E-state index contributed by atoms with van der Waals surface area (Å²) in [4.78, 5) is 12.4. The molecule has 7 nitrogen and oxygen atoms in total. The number of carbonyl (C=O) groups excluding carboxylic acids is 1. The number of carbonyl (C=O) groups is 1. The molecule has 0 aliphatic rings. The Morgan fingerprint density at radius 1 is 1.25 bits per heavy atom. The Morgan fingerprint density at radius 2 is 1.92 bits per heavy atom. The number of hydrogen-bond acceptors (Lipinski definition) is 6. The molecule has 130 valence electrons. The van der Waals surface area contributed by atoms with Crippen molar-refractivity contribution in [3.05, 3.63) is 30.3 Å². The van der Waals surface area contributed by atoms with Gasteiger partial charge in [-0.2, -0.15) is 0 Å².